The third-order valence-corrected chi connectivity index (χ3v) is 2.67. The number of hydrogen-bond donors (Lipinski definition) is 1. The summed E-state index contributed by atoms with van der Waals surface area (Å²) in [6, 6.07) is 0. The van der Waals surface area contributed by atoms with Crippen LogP contribution in [-0.2, 0) is 20.0 Å². The SMILES string of the molecule is CCc1nn(C)cc1C(=O)N(C)Cc1ncn[nH]1. The van der Waals surface area contributed by atoms with E-state index in [1.54, 1.807) is 22.8 Å². The molecule has 0 saturated carbocycles. The number of amides is 1. The normalized spacial score (nSPS) is 10.6. The van der Waals surface area contributed by atoms with Gasteiger partial charge in [0, 0.05) is 20.3 Å². The number of carbonyl (C=O) groups is 1. The van der Waals surface area contributed by atoms with Crippen molar-refractivity contribution in [1.82, 2.24) is 29.9 Å². The number of carbonyl (C=O) groups excluding carboxylic acids is 1. The molecule has 0 fully saturated rings. The fourth-order valence-electron chi connectivity index (χ4n) is 1.78. The molecule has 0 unspecified atom stereocenters. The highest BCUT2D eigenvalue weighted by Gasteiger charge is 2.18. The van der Waals surface area contributed by atoms with Gasteiger partial charge < -0.3 is 4.90 Å². The summed E-state index contributed by atoms with van der Waals surface area (Å²) in [6.07, 6.45) is 3.91. The van der Waals surface area contributed by atoms with Gasteiger partial charge in [-0.3, -0.25) is 14.6 Å². The lowest BCUT2D eigenvalue weighted by molar-refractivity contribution is 0.0780. The van der Waals surface area contributed by atoms with Gasteiger partial charge in [0.05, 0.1) is 17.8 Å². The molecule has 7 heteroatoms. The molecule has 0 aliphatic carbocycles. The van der Waals surface area contributed by atoms with Crippen molar-refractivity contribution in [2.75, 3.05) is 7.05 Å². The second-order valence-corrected chi connectivity index (χ2v) is 4.11. The standard InChI is InChI=1S/C11H16N6O/c1-4-9-8(5-17(3)15-9)11(18)16(2)6-10-12-7-13-14-10/h5,7H,4,6H2,1-3H3,(H,12,13,14). The summed E-state index contributed by atoms with van der Waals surface area (Å²) in [5.41, 5.74) is 1.45. The van der Waals surface area contributed by atoms with Crippen molar-refractivity contribution in [3.8, 4) is 0 Å². The number of aryl methyl sites for hydroxylation is 2. The molecule has 0 bridgehead atoms. The van der Waals surface area contributed by atoms with Crippen LogP contribution in [0.2, 0.25) is 0 Å². The van der Waals surface area contributed by atoms with E-state index in [9.17, 15) is 4.79 Å². The van der Waals surface area contributed by atoms with E-state index >= 15 is 0 Å². The molecular weight excluding hydrogens is 232 g/mol. The highest BCUT2D eigenvalue weighted by atomic mass is 16.2. The monoisotopic (exact) mass is 248 g/mol. The van der Waals surface area contributed by atoms with Gasteiger partial charge in [-0.15, -0.1) is 0 Å². The maximum absolute atomic E-state index is 12.3. The first-order valence-electron chi connectivity index (χ1n) is 5.74. The quantitative estimate of drug-likeness (QED) is 0.848. The summed E-state index contributed by atoms with van der Waals surface area (Å²) in [5.74, 6) is 0.601. The van der Waals surface area contributed by atoms with Crippen LogP contribution in [0.3, 0.4) is 0 Å². The van der Waals surface area contributed by atoms with E-state index in [4.69, 9.17) is 0 Å². The molecule has 0 atom stereocenters. The van der Waals surface area contributed by atoms with Crippen LogP contribution in [0.5, 0.6) is 0 Å². The lowest BCUT2D eigenvalue weighted by atomic mass is 10.2. The lowest BCUT2D eigenvalue weighted by Gasteiger charge is -2.14. The molecular formula is C11H16N6O. The molecule has 1 N–H and O–H groups in total. The Bertz CT molecular complexity index is 530. The average Bonchev–Trinajstić information content (AvgIpc) is 2.97. The Balaban J connectivity index is 2.15. The van der Waals surface area contributed by atoms with Gasteiger partial charge >= 0.3 is 0 Å². The Morgan fingerprint density at radius 2 is 2.33 bits per heavy atom. The number of hydrogen-bond acceptors (Lipinski definition) is 4. The largest absolute Gasteiger partial charge is 0.334 e. The number of nitrogens with zero attached hydrogens (tertiary/aromatic N) is 5. The minimum absolute atomic E-state index is 0.0589. The van der Waals surface area contributed by atoms with Gasteiger partial charge in [-0.2, -0.15) is 10.2 Å². The second kappa shape index (κ2) is 4.99. The second-order valence-electron chi connectivity index (χ2n) is 4.11. The Labute approximate surface area is 105 Å². The molecule has 0 aliphatic heterocycles. The maximum atomic E-state index is 12.3. The summed E-state index contributed by atoms with van der Waals surface area (Å²) < 4.78 is 1.66. The van der Waals surface area contributed by atoms with Gasteiger partial charge in [0.25, 0.3) is 5.91 Å². The van der Waals surface area contributed by atoms with E-state index in [0.29, 0.717) is 17.9 Å². The van der Waals surface area contributed by atoms with Gasteiger partial charge in [0.1, 0.15) is 12.2 Å². The number of rotatable bonds is 4. The van der Waals surface area contributed by atoms with Crippen LogP contribution in [0.4, 0.5) is 0 Å². The van der Waals surface area contributed by atoms with Gasteiger partial charge in [-0.05, 0) is 6.42 Å². The first kappa shape index (κ1) is 12.3. The molecule has 18 heavy (non-hydrogen) atoms. The van der Waals surface area contributed by atoms with E-state index in [1.807, 2.05) is 14.0 Å². The first-order chi connectivity index (χ1) is 8.61. The Hall–Kier alpha value is -2.18. The molecule has 0 spiro atoms. The Morgan fingerprint density at radius 3 is 2.94 bits per heavy atom. The zero-order chi connectivity index (χ0) is 13.1. The van der Waals surface area contributed by atoms with Crippen LogP contribution in [0.25, 0.3) is 0 Å². The van der Waals surface area contributed by atoms with Gasteiger partial charge in [0.2, 0.25) is 0 Å². The molecule has 0 aromatic carbocycles. The lowest BCUT2D eigenvalue weighted by Crippen LogP contribution is -2.27. The average molecular weight is 248 g/mol. The van der Waals surface area contributed by atoms with Gasteiger partial charge in [-0.25, -0.2) is 4.98 Å². The molecule has 96 valence electrons. The van der Waals surface area contributed by atoms with Crippen molar-refractivity contribution in [1.29, 1.82) is 0 Å². The summed E-state index contributed by atoms with van der Waals surface area (Å²) in [4.78, 5) is 17.9. The molecule has 1 amide bonds. The molecule has 2 rings (SSSR count). The molecule has 0 radical (unpaired) electrons. The summed E-state index contributed by atoms with van der Waals surface area (Å²) in [6.45, 7) is 2.38. The molecule has 2 aromatic heterocycles. The summed E-state index contributed by atoms with van der Waals surface area (Å²) >= 11 is 0. The van der Waals surface area contributed by atoms with Crippen LogP contribution in [0.15, 0.2) is 12.5 Å². The predicted molar refractivity (Wildman–Crippen MR) is 64.8 cm³/mol. The molecule has 2 heterocycles. The third-order valence-electron chi connectivity index (χ3n) is 2.67. The minimum atomic E-state index is -0.0589. The molecule has 7 nitrogen and oxygen atoms in total. The zero-order valence-electron chi connectivity index (χ0n) is 10.7. The van der Waals surface area contributed by atoms with Crippen LogP contribution < -0.4 is 0 Å². The third kappa shape index (κ3) is 2.39. The fourth-order valence-corrected chi connectivity index (χ4v) is 1.78. The highest BCUT2D eigenvalue weighted by Crippen LogP contribution is 2.11. The van der Waals surface area contributed by atoms with Gasteiger partial charge in [-0.1, -0.05) is 6.92 Å². The molecule has 0 saturated heterocycles. The smallest absolute Gasteiger partial charge is 0.257 e. The topological polar surface area (TPSA) is 79.7 Å². The minimum Gasteiger partial charge on any atom is -0.334 e. The van der Waals surface area contributed by atoms with Crippen molar-refractivity contribution in [3.05, 3.63) is 29.6 Å². The highest BCUT2D eigenvalue weighted by molar-refractivity contribution is 5.94. The number of nitrogens with one attached hydrogen (secondary N) is 1. The van der Waals surface area contributed by atoms with Crippen LogP contribution in [0.1, 0.15) is 28.8 Å². The van der Waals surface area contributed by atoms with E-state index in [-0.39, 0.29) is 5.91 Å². The Morgan fingerprint density at radius 1 is 1.56 bits per heavy atom. The number of H-pyrrole nitrogens is 1. The van der Waals surface area contributed by atoms with E-state index < -0.39 is 0 Å². The summed E-state index contributed by atoms with van der Waals surface area (Å²) in [7, 11) is 3.55. The summed E-state index contributed by atoms with van der Waals surface area (Å²) in [5, 5.41) is 10.7. The van der Waals surface area contributed by atoms with Crippen molar-refractivity contribution in [3.63, 3.8) is 0 Å². The number of aromatic amines is 1. The van der Waals surface area contributed by atoms with Crippen LogP contribution >= 0.6 is 0 Å². The van der Waals surface area contributed by atoms with Gasteiger partial charge in [0.15, 0.2) is 0 Å². The van der Waals surface area contributed by atoms with Crippen molar-refractivity contribution >= 4 is 5.91 Å². The fraction of sp³-hybridized carbons (Fsp3) is 0.455. The van der Waals surface area contributed by atoms with Crippen molar-refractivity contribution < 1.29 is 4.79 Å². The first-order valence-corrected chi connectivity index (χ1v) is 5.74. The maximum Gasteiger partial charge on any atom is 0.257 e. The van der Waals surface area contributed by atoms with E-state index in [0.717, 1.165) is 12.1 Å². The Kier molecular flexibility index (Phi) is 3.40. The van der Waals surface area contributed by atoms with Crippen molar-refractivity contribution in [2.24, 2.45) is 7.05 Å². The van der Waals surface area contributed by atoms with Crippen LogP contribution in [-0.4, -0.2) is 42.8 Å². The van der Waals surface area contributed by atoms with E-state index in [1.165, 1.54) is 6.33 Å². The zero-order valence-corrected chi connectivity index (χ0v) is 10.7. The molecule has 0 aliphatic rings. The number of aromatic nitrogens is 5. The van der Waals surface area contributed by atoms with Crippen LogP contribution in [0, 0.1) is 0 Å². The van der Waals surface area contributed by atoms with Crippen molar-refractivity contribution in [2.45, 2.75) is 19.9 Å². The predicted octanol–water partition coefficient (Wildman–Crippen LogP) is 0.373. The molecule has 2 aromatic rings. The van der Waals surface area contributed by atoms with E-state index in [2.05, 4.69) is 20.3 Å².